The van der Waals surface area contributed by atoms with E-state index in [0.29, 0.717) is 12.1 Å². The number of hydrogen-bond donors (Lipinski definition) is 0. The molecule has 0 atom stereocenters. The summed E-state index contributed by atoms with van der Waals surface area (Å²) in [6.07, 6.45) is 8.52. The molecule has 0 N–H and O–H groups in total. The van der Waals surface area contributed by atoms with Crippen molar-refractivity contribution < 1.29 is 0 Å². The number of piperidine rings is 1. The molecule has 228 valence electrons. The second kappa shape index (κ2) is 24.8. The molecular weight excluding hydrogens is 454 g/mol. The third-order valence-electron chi connectivity index (χ3n) is 7.68. The predicted octanol–water partition coefficient (Wildman–Crippen LogP) is 7.02. The molecule has 0 amide bonds. The van der Waals surface area contributed by atoms with E-state index in [2.05, 4.69) is 122 Å². The van der Waals surface area contributed by atoms with Crippen molar-refractivity contribution in [1.82, 2.24) is 24.5 Å². The van der Waals surface area contributed by atoms with Crippen LogP contribution in [0.2, 0.25) is 0 Å². The van der Waals surface area contributed by atoms with Gasteiger partial charge in [0.15, 0.2) is 0 Å². The molecule has 0 saturated carbocycles. The maximum atomic E-state index is 2.56. The van der Waals surface area contributed by atoms with Crippen molar-refractivity contribution in [3.8, 4) is 0 Å². The van der Waals surface area contributed by atoms with Gasteiger partial charge in [0, 0.05) is 30.2 Å². The topological polar surface area (TPSA) is 16.2 Å². The van der Waals surface area contributed by atoms with E-state index in [4.69, 9.17) is 0 Å². The molecule has 3 aliphatic rings. The Morgan fingerprint density at radius 3 is 0.676 bits per heavy atom. The Kier molecular flexibility index (Phi) is 27.7. The van der Waals surface area contributed by atoms with E-state index in [9.17, 15) is 0 Å². The lowest BCUT2D eigenvalue weighted by Crippen LogP contribution is -2.41. The Labute approximate surface area is 237 Å². The van der Waals surface area contributed by atoms with Gasteiger partial charge in [-0.15, -0.1) is 0 Å². The molecule has 0 aromatic heterocycles. The normalized spacial score (nSPS) is 18.4. The minimum absolute atomic E-state index is 0. The molecule has 0 aromatic rings. The van der Waals surface area contributed by atoms with Crippen LogP contribution in [0.25, 0.3) is 0 Å². The maximum Gasteiger partial charge on any atom is 0.00386 e. The molecule has 0 radical (unpaired) electrons. The molecular formula is C32H75N5. The average molecular weight is 530 g/mol. The largest absolute Gasteiger partial charge is 0.307 e. The summed E-state index contributed by atoms with van der Waals surface area (Å²) in [6, 6.07) is 3.70. The summed E-state index contributed by atoms with van der Waals surface area (Å²) >= 11 is 0. The van der Waals surface area contributed by atoms with Gasteiger partial charge in [-0.1, -0.05) is 13.8 Å². The zero-order valence-electron chi connectivity index (χ0n) is 27.6. The van der Waals surface area contributed by atoms with Gasteiger partial charge in [-0.2, -0.15) is 0 Å². The first kappa shape index (κ1) is 41.3. The van der Waals surface area contributed by atoms with Gasteiger partial charge in [-0.25, -0.2) is 0 Å². The predicted molar refractivity (Wildman–Crippen MR) is 172 cm³/mol. The number of hydrogen-bond acceptors (Lipinski definition) is 5. The lowest BCUT2D eigenvalue weighted by atomic mass is 10.1. The van der Waals surface area contributed by atoms with Crippen molar-refractivity contribution in [2.75, 3.05) is 67.5 Å². The molecule has 0 aromatic carbocycles. The number of likely N-dealkylation sites (tertiary alicyclic amines) is 3. The van der Waals surface area contributed by atoms with Crippen molar-refractivity contribution in [3.63, 3.8) is 0 Å². The summed E-state index contributed by atoms with van der Waals surface area (Å²) in [7, 11) is 8.30. The fraction of sp³-hybridized carbons (Fsp3) is 1.00. The van der Waals surface area contributed by atoms with Gasteiger partial charge in [-0.05, 0) is 169 Å². The van der Waals surface area contributed by atoms with E-state index in [0.717, 1.165) is 18.1 Å². The fourth-order valence-electron chi connectivity index (χ4n) is 3.55. The first-order valence-corrected chi connectivity index (χ1v) is 15.3. The fourth-order valence-corrected chi connectivity index (χ4v) is 3.55. The molecule has 0 unspecified atom stereocenters. The molecule has 3 heterocycles. The summed E-state index contributed by atoms with van der Waals surface area (Å²) in [5.74, 6) is 0. The first-order chi connectivity index (χ1) is 16.7. The average Bonchev–Trinajstić information content (AvgIpc) is 3.30. The van der Waals surface area contributed by atoms with Crippen LogP contribution in [0.3, 0.4) is 0 Å². The highest BCUT2D eigenvalue weighted by atomic mass is 15.2. The van der Waals surface area contributed by atoms with Crippen LogP contribution in [0.5, 0.6) is 0 Å². The quantitative estimate of drug-likeness (QED) is 0.379. The summed E-state index contributed by atoms with van der Waals surface area (Å²) in [4.78, 5) is 11.9. The molecule has 3 saturated heterocycles. The number of rotatable bonds is 5. The molecule has 0 spiro atoms. The Hall–Kier alpha value is -0.200. The van der Waals surface area contributed by atoms with Crippen LogP contribution >= 0.6 is 0 Å². The van der Waals surface area contributed by atoms with Crippen LogP contribution < -0.4 is 0 Å². The molecule has 5 nitrogen and oxygen atoms in total. The number of nitrogens with zero attached hydrogens (tertiary/aromatic N) is 5. The van der Waals surface area contributed by atoms with Crippen molar-refractivity contribution in [2.45, 2.75) is 145 Å². The molecule has 5 heteroatoms. The van der Waals surface area contributed by atoms with Crippen molar-refractivity contribution in [2.24, 2.45) is 0 Å². The summed E-state index contributed by atoms with van der Waals surface area (Å²) in [6.45, 7) is 30.3. The van der Waals surface area contributed by atoms with Gasteiger partial charge < -0.3 is 24.5 Å². The van der Waals surface area contributed by atoms with Crippen LogP contribution in [-0.2, 0) is 0 Å². The zero-order valence-corrected chi connectivity index (χ0v) is 27.6. The van der Waals surface area contributed by atoms with E-state index < -0.39 is 0 Å². The van der Waals surface area contributed by atoms with Gasteiger partial charge in [-0.3, -0.25) is 0 Å². The summed E-state index contributed by atoms with van der Waals surface area (Å²) in [5.41, 5.74) is 0. The first-order valence-electron chi connectivity index (χ1n) is 15.3. The molecule has 3 rings (SSSR count). The molecule has 37 heavy (non-hydrogen) atoms. The minimum Gasteiger partial charge on any atom is -0.307 e. The second-order valence-electron chi connectivity index (χ2n) is 12.6. The molecule has 3 fully saturated rings. The van der Waals surface area contributed by atoms with Crippen LogP contribution in [0.15, 0.2) is 0 Å². The van der Waals surface area contributed by atoms with E-state index in [-0.39, 0.29) is 7.43 Å². The minimum atomic E-state index is 0. The SMILES string of the molecule is C.CC(C)N(C)C.CC(C)N(C)C.CC(C)N1CCC1.CC(C)N1CCCC1.CC(C)N1CCCCC1. The van der Waals surface area contributed by atoms with Crippen LogP contribution in [0.1, 0.15) is 115 Å². The van der Waals surface area contributed by atoms with Crippen molar-refractivity contribution in [1.29, 1.82) is 0 Å². The Morgan fingerprint density at radius 1 is 0.378 bits per heavy atom. The van der Waals surface area contributed by atoms with Gasteiger partial charge in [0.25, 0.3) is 0 Å². The Bertz CT molecular complexity index is 420. The second-order valence-corrected chi connectivity index (χ2v) is 12.6. The van der Waals surface area contributed by atoms with E-state index in [1.807, 2.05) is 0 Å². The smallest absolute Gasteiger partial charge is 0.00386 e. The van der Waals surface area contributed by atoms with E-state index in [1.165, 1.54) is 77.8 Å². The van der Waals surface area contributed by atoms with E-state index >= 15 is 0 Å². The molecule has 0 aliphatic carbocycles. The highest BCUT2D eigenvalue weighted by Gasteiger charge is 2.15. The lowest BCUT2D eigenvalue weighted by Gasteiger charge is -2.34. The summed E-state index contributed by atoms with van der Waals surface area (Å²) in [5, 5.41) is 0. The van der Waals surface area contributed by atoms with Crippen molar-refractivity contribution >= 4 is 0 Å². The summed E-state index contributed by atoms with van der Waals surface area (Å²) < 4.78 is 0. The molecule has 3 aliphatic heterocycles. The lowest BCUT2D eigenvalue weighted by molar-refractivity contribution is 0.138. The highest BCUT2D eigenvalue weighted by molar-refractivity contribution is 4.71. The van der Waals surface area contributed by atoms with Gasteiger partial charge in [0.1, 0.15) is 0 Å². The highest BCUT2D eigenvalue weighted by Crippen LogP contribution is 2.11. The third kappa shape index (κ3) is 24.6. The van der Waals surface area contributed by atoms with Gasteiger partial charge in [0.05, 0.1) is 0 Å². The van der Waals surface area contributed by atoms with Gasteiger partial charge >= 0.3 is 0 Å². The van der Waals surface area contributed by atoms with Gasteiger partial charge in [0.2, 0.25) is 0 Å². The van der Waals surface area contributed by atoms with Crippen LogP contribution in [0, 0.1) is 0 Å². The monoisotopic (exact) mass is 530 g/mol. The zero-order chi connectivity index (χ0) is 28.3. The Morgan fingerprint density at radius 2 is 0.568 bits per heavy atom. The van der Waals surface area contributed by atoms with Crippen LogP contribution in [-0.4, -0.2) is 122 Å². The molecule has 0 bridgehead atoms. The standard InChI is InChI=1S/C8H17N.C7H15N.C6H13N.2C5H13N.CH4/c1-8(2)9-6-4-3-5-7-9;1-7(2)8-5-3-4-6-8;1-6(2)7-4-3-5-7;2*1-5(2)6(3)4;/h8H,3-7H2,1-2H3;7H,3-6H2,1-2H3;6H,3-5H2,1-2H3;2*5H,1-4H3;1H4. The van der Waals surface area contributed by atoms with Crippen molar-refractivity contribution in [3.05, 3.63) is 0 Å². The Balaban J connectivity index is -0.000000392. The van der Waals surface area contributed by atoms with Crippen LogP contribution in [0.4, 0.5) is 0 Å². The third-order valence-corrected chi connectivity index (χ3v) is 7.68. The van der Waals surface area contributed by atoms with E-state index in [1.54, 1.807) is 0 Å². The maximum absolute atomic E-state index is 2.56.